The Balaban J connectivity index is 1.98. The van der Waals surface area contributed by atoms with E-state index < -0.39 is 0 Å². The van der Waals surface area contributed by atoms with Crippen molar-refractivity contribution in [2.75, 3.05) is 11.6 Å². The Morgan fingerprint density at radius 1 is 1.25 bits per heavy atom. The van der Waals surface area contributed by atoms with Crippen molar-refractivity contribution < 1.29 is 5.21 Å². The van der Waals surface area contributed by atoms with Crippen LogP contribution in [0.2, 0.25) is 0 Å². The van der Waals surface area contributed by atoms with E-state index in [9.17, 15) is 5.21 Å². The van der Waals surface area contributed by atoms with Crippen LogP contribution in [0.1, 0.15) is 0 Å². The maximum absolute atomic E-state index is 9.70. The molecule has 0 aromatic carbocycles. The molecular formula is C9H8N6O. The molecule has 0 aliphatic carbocycles. The van der Waals surface area contributed by atoms with Gasteiger partial charge >= 0.3 is 0 Å². The highest BCUT2D eigenvalue weighted by Gasteiger charge is 2.26. The number of amidine groups is 1. The predicted octanol–water partition coefficient (Wildman–Crippen LogP) is 1.17. The number of aromatic nitrogens is 1. The van der Waals surface area contributed by atoms with E-state index in [0.29, 0.717) is 11.5 Å². The molecule has 16 heavy (non-hydrogen) atoms. The summed E-state index contributed by atoms with van der Waals surface area (Å²) in [7, 11) is 0. The van der Waals surface area contributed by atoms with Gasteiger partial charge in [-0.2, -0.15) is 0 Å². The second kappa shape index (κ2) is 3.38. The Bertz CT molecular complexity index is 494. The maximum Gasteiger partial charge on any atom is 0.207 e. The highest BCUT2D eigenvalue weighted by atomic mass is 16.5. The number of pyridine rings is 1. The van der Waals surface area contributed by atoms with Crippen molar-refractivity contribution in [2.45, 2.75) is 0 Å². The van der Waals surface area contributed by atoms with Gasteiger partial charge in [0.1, 0.15) is 6.67 Å². The minimum absolute atomic E-state index is 0.289. The number of fused-ring (bicyclic) bond motifs is 1. The van der Waals surface area contributed by atoms with E-state index in [2.05, 4.69) is 20.4 Å². The SMILES string of the molecule is ON1CN(c2ccncc2)C=C2N=NN=C21. The molecule has 0 radical (unpaired) electrons. The molecule has 0 saturated carbocycles. The molecule has 3 heterocycles. The minimum atomic E-state index is 0.289. The van der Waals surface area contributed by atoms with Gasteiger partial charge in [0.05, 0.1) is 0 Å². The van der Waals surface area contributed by atoms with Gasteiger partial charge in [-0.25, -0.2) is 5.06 Å². The van der Waals surface area contributed by atoms with Gasteiger partial charge in [0.2, 0.25) is 5.84 Å². The first-order valence-corrected chi connectivity index (χ1v) is 4.68. The number of rotatable bonds is 1. The molecule has 0 unspecified atom stereocenters. The van der Waals surface area contributed by atoms with Gasteiger partial charge in [-0.15, -0.1) is 10.2 Å². The van der Waals surface area contributed by atoms with E-state index in [-0.39, 0.29) is 6.67 Å². The second-order valence-corrected chi connectivity index (χ2v) is 3.34. The van der Waals surface area contributed by atoms with Crippen molar-refractivity contribution in [1.29, 1.82) is 0 Å². The molecule has 7 nitrogen and oxygen atoms in total. The van der Waals surface area contributed by atoms with E-state index in [1.54, 1.807) is 18.6 Å². The Kier molecular flexibility index (Phi) is 1.90. The lowest BCUT2D eigenvalue weighted by Gasteiger charge is -2.30. The lowest BCUT2D eigenvalue weighted by atomic mass is 10.3. The Hall–Kier alpha value is -2.28. The predicted molar refractivity (Wildman–Crippen MR) is 55.6 cm³/mol. The third kappa shape index (κ3) is 1.34. The highest BCUT2D eigenvalue weighted by Crippen LogP contribution is 2.23. The highest BCUT2D eigenvalue weighted by molar-refractivity contribution is 5.99. The molecule has 0 fully saturated rings. The zero-order valence-corrected chi connectivity index (χ0v) is 8.22. The summed E-state index contributed by atoms with van der Waals surface area (Å²) in [5, 5.41) is 21.7. The van der Waals surface area contributed by atoms with Crippen molar-refractivity contribution in [2.24, 2.45) is 15.4 Å². The third-order valence-corrected chi connectivity index (χ3v) is 2.32. The molecule has 2 aliphatic heterocycles. The standard InChI is InChI=1S/C9H8N6O/c16-15-6-14(7-1-3-10-4-2-7)5-8-9(15)12-13-11-8/h1-5,16H,6H2. The smallest absolute Gasteiger partial charge is 0.207 e. The van der Waals surface area contributed by atoms with Crippen molar-refractivity contribution in [3.05, 3.63) is 36.4 Å². The topological polar surface area (TPSA) is 76.7 Å². The summed E-state index contributed by atoms with van der Waals surface area (Å²) >= 11 is 0. The number of nitrogens with zero attached hydrogens (tertiary/aromatic N) is 6. The first-order chi connectivity index (χ1) is 7.84. The second-order valence-electron chi connectivity index (χ2n) is 3.34. The van der Waals surface area contributed by atoms with E-state index in [1.807, 2.05) is 17.0 Å². The normalized spacial score (nSPS) is 18.3. The molecule has 1 N–H and O–H groups in total. The molecule has 2 aliphatic rings. The van der Waals surface area contributed by atoms with Crippen LogP contribution >= 0.6 is 0 Å². The molecule has 0 amide bonds. The summed E-state index contributed by atoms with van der Waals surface area (Å²) in [5.74, 6) is 0.380. The Labute approximate surface area is 91.0 Å². The summed E-state index contributed by atoms with van der Waals surface area (Å²) in [6.45, 7) is 0.289. The van der Waals surface area contributed by atoms with E-state index in [4.69, 9.17) is 0 Å². The van der Waals surface area contributed by atoms with Crippen molar-refractivity contribution in [1.82, 2.24) is 10.0 Å². The first-order valence-electron chi connectivity index (χ1n) is 4.68. The van der Waals surface area contributed by atoms with Crippen LogP contribution in [0.3, 0.4) is 0 Å². The quantitative estimate of drug-likeness (QED) is 0.764. The van der Waals surface area contributed by atoms with Gasteiger partial charge in [-0.3, -0.25) is 10.2 Å². The van der Waals surface area contributed by atoms with Crippen LogP contribution < -0.4 is 4.90 Å². The van der Waals surface area contributed by atoms with Crippen LogP contribution in [-0.4, -0.2) is 27.8 Å². The van der Waals surface area contributed by atoms with E-state index in [1.165, 1.54) is 0 Å². The van der Waals surface area contributed by atoms with E-state index in [0.717, 1.165) is 10.8 Å². The maximum atomic E-state index is 9.70. The lowest BCUT2D eigenvalue weighted by Crippen LogP contribution is -2.41. The van der Waals surface area contributed by atoms with Crippen molar-refractivity contribution in [3.63, 3.8) is 0 Å². The molecule has 3 rings (SSSR count). The Morgan fingerprint density at radius 2 is 2.06 bits per heavy atom. The minimum Gasteiger partial charge on any atom is -0.325 e. The molecule has 1 aromatic heterocycles. The lowest BCUT2D eigenvalue weighted by molar-refractivity contribution is -0.0136. The molecule has 0 bridgehead atoms. The fourth-order valence-electron chi connectivity index (χ4n) is 1.57. The van der Waals surface area contributed by atoms with E-state index >= 15 is 0 Å². The summed E-state index contributed by atoms with van der Waals surface area (Å²) in [6, 6.07) is 3.69. The molecule has 80 valence electrons. The number of anilines is 1. The van der Waals surface area contributed by atoms with Gasteiger partial charge in [-0.05, 0) is 17.4 Å². The summed E-state index contributed by atoms with van der Waals surface area (Å²) < 4.78 is 0. The number of hydrogen-bond acceptors (Lipinski definition) is 7. The van der Waals surface area contributed by atoms with Crippen molar-refractivity contribution in [3.8, 4) is 0 Å². The van der Waals surface area contributed by atoms with Crippen LogP contribution in [0.4, 0.5) is 5.69 Å². The third-order valence-electron chi connectivity index (χ3n) is 2.32. The van der Waals surface area contributed by atoms with Crippen LogP contribution in [0, 0.1) is 0 Å². The zero-order chi connectivity index (χ0) is 11.0. The molecule has 7 heteroatoms. The first kappa shape index (κ1) is 8.98. The molecule has 0 spiro atoms. The number of hydroxylamine groups is 2. The average Bonchev–Trinajstić information content (AvgIpc) is 2.79. The monoisotopic (exact) mass is 216 g/mol. The summed E-state index contributed by atoms with van der Waals surface area (Å²) in [4.78, 5) is 5.77. The molecule has 0 saturated heterocycles. The van der Waals surface area contributed by atoms with Gasteiger partial charge in [0.25, 0.3) is 0 Å². The summed E-state index contributed by atoms with van der Waals surface area (Å²) in [5.41, 5.74) is 1.47. The molecular weight excluding hydrogens is 208 g/mol. The van der Waals surface area contributed by atoms with Crippen LogP contribution in [0.5, 0.6) is 0 Å². The van der Waals surface area contributed by atoms with Crippen LogP contribution in [0.15, 0.2) is 51.9 Å². The van der Waals surface area contributed by atoms with Gasteiger partial charge in [-0.1, -0.05) is 0 Å². The van der Waals surface area contributed by atoms with Crippen molar-refractivity contribution >= 4 is 11.5 Å². The largest absolute Gasteiger partial charge is 0.325 e. The zero-order valence-electron chi connectivity index (χ0n) is 8.22. The number of hydrogen-bond donors (Lipinski definition) is 1. The van der Waals surface area contributed by atoms with Gasteiger partial charge in [0.15, 0.2) is 5.70 Å². The fourth-order valence-corrected chi connectivity index (χ4v) is 1.57. The molecule has 1 aromatic rings. The van der Waals surface area contributed by atoms with Crippen LogP contribution in [-0.2, 0) is 0 Å². The Morgan fingerprint density at radius 3 is 2.88 bits per heavy atom. The van der Waals surface area contributed by atoms with Gasteiger partial charge < -0.3 is 4.90 Å². The average molecular weight is 216 g/mol. The van der Waals surface area contributed by atoms with Gasteiger partial charge in [0, 0.05) is 24.3 Å². The molecule has 0 atom stereocenters. The summed E-state index contributed by atoms with van der Waals surface area (Å²) in [6.07, 6.45) is 5.17. The fraction of sp³-hybridized carbons (Fsp3) is 0.111. The van der Waals surface area contributed by atoms with Crippen LogP contribution in [0.25, 0.3) is 0 Å².